The van der Waals surface area contributed by atoms with Gasteiger partial charge in [-0.2, -0.15) is 0 Å². The van der Waals surface area contributed by atoms with Crippen molar-refractivity contribution in [2.24, 2.45) is 0 Å². The van der Waals surface area contributed by atoms with E-state index in [2.05, 4.69) is 5.32 Å². The predicted octanol–water partition coefficient (Wildman–Crippen LogP) is 3.35. The van der Waals surface area contributed by atoms with Gasteiger partial charge in [-0.25, -0.2) is 8.78 Å². The van der Waals surface area contributed by atoms with Crippen LogP contribution in [0.2, 0.25) is 0 Å². The molecule has 0 spiro atoms. The minimum atomic E-state index is -0.355. The molecule has 0 fully saturated rings. The molecule has 1 unspecified atom stereocenters. The molecule has 0 aliphatic carbocycles. The smallest absolute Gasteiger partial charge is 0.165 e. The molecule has 0 bridgehead atoms. The van der Waals surface area contributed by atoms with E-state index < -0.39 is 0 Å². The second kappa shape index (κ2) is 7.18. The van der Waals surface area contributed by atoms with E-state index in [0.717, 1.165) is 17.5 Å². The van der Waals surface area contributed by atoms with Gasteiger partial charge in [0.05, 0.1) is 7.11 Å². The normalized spacial score (nSPS) is 12.2. The number of benzene rings is 2. The number of ether oxygens (including phenoxy) is 1. The Morgan fingerprint density at radius 1 is 1.00 bits per heavy atom. The largest absolute Gasteiger partial charge is 0.494 e. The van der Waals surface area contributed by atoms with E-state index in [-0.39, 0.29) is 23.4 Å². The summed E-state index contributed by atoms with van der Waals surface area (Å²) in [6.07, 6.45) is 1.44. The third kappa shape index (κ3) is 4.26. The van der Waals surface area contributed by atoms with Gasteiger partial charge in [0.2, 0.25) is 0 Å². The van der Waals surface area contributed by atoms with Crippen LogP contribution in [0.5, 0.6) is 5.75 Å². The average molecular weight is 291 g/mol. The highest BCUT2D eigenvalue weighted by molar-refractivity contribution is 5.30. The van der Waals surface area contributed by atoms with Crippen LogP contribution in [0, 0.1) is 11.6 Å². The maximum absolute atomic E-state index is 13.7. The lowest BCUT2D eigenvalue weighted by molar-refractivity contribution is 0.386. The fourth-order valence-corrected chi connectivity index (χ4v) is 2.30. The Morgan fingerprint density at radius 3 is 2.19 bits per heavy atom. The lowest BCUT2D eigenvalue weighted by Gasteiger charge is -2.17. The van der Waals surface area contributed by atoms with Gasteiger partial charge >= 0.3 is 0 Å². The minimum Gasteiger partial charge on any atom is -0.494 e. The lowest BCUT2D eigenvalue weighted by atomic mass is 9.99. The number of hydrogen-bond donors (Lipinski definition) is 1. The molecule has 0 aliphatic heterocycles. The van der Waals surface area contributed by atoms with E-state index >= 15 is 0 Å². The van der Waals surface area contributed by atoms with Crippen LogP contribution in [0.15, 0.2) is 42.5 Å². The van der Waals surface area contributed by atoms with Crippen LogP contribution in [0.1, 0.15) is 11.1 Å². The maximum Gasteiger partial charge on any atom is 0.165 e. The Hall–Kier alpha value is -1.94. The first-order chi connectivity index (χ1) is 10.1. The van der Waals surface area contributed by atoms with E-state index in [0.29, 0.717) is 6.42 Å². The van der Waals surface area contributed by atoms with Gasteiger partial charge in [-0.3, -0.25) is 0 Å². The van der Waals surface area contributed by atoms with Gasteiger partial charge in [0.15, 0.2) is 11.6 Å². The molecule has 21 heavy (non-hydrogen) atoms. The monoisotopic (exact) mass is 291 g/mol. The van der Waals surface area contributed by atoms with Gasteiger partial charge in [0.25, 0.3) is 0 Å². The van der Waals surface area contributed by atoms with E-state index in [1.807, 2.05) is 13.1 Å². The molecule has 112 valence electrons. The summed E-state index contributed by atoms with van der Waals surface area (Å²) in [5.74, 6) is -0.345. The number of methoxy groups -OCH3 is 1. The molecular formula is C17H19F2NO. The summed E-state index contributed by atoms with van der Waals surface area (Å²) >= 11 is 0. The van der Waals surface area contributed by atoms with Crippen molar-refractivity contribution in [2.45, 2.75) is 18.9 Å². The van der Waals surface area contributed by atoms with E-state index in [4.69, 9.17) is 4.74 Å². The van der Waals surface area contributed by atoms with Crippen molar-refractivity contribution in [2.75, 3.05) is 14.2 Å². The highest BCUT2D eigenvalue weighted by Crippen LogP contribution is 2.19. The van der Waals surface area contributed by atoms with Crippen molar-refractivity contribution >= 4 is 0 Å². The lowest BCUT2D eigenvalue weighted by Crippen LogP contribution is -2.29. The molecule has 0 amide bonds. The Morgan fingerprint density at radius 2 is 1.62 bits per heavy atom. The summed E-state index contributed by atoms with van der Waals surface area (Å²) in [6, 6.07) is 11.6. The molecule has 2 nitrogen and oxygen atoms in total. The molecule has 0 heterocycles. The predicted molar refractivity (Wildman–Crippen MR) is 79.6 cm³/mol. The molecule has 4 heteroatoms. The maximum atomic E-state index is 13.7. The second-order valence-corrected chi connectivity index (χ2v) is 4.99. The fraction of sp³-hybridized carbons (Fsp3) is 0.294. The zero-order chi connectivity index (χ0) is 15.2. The first kappa shape index (κ1) is 15.4. The SMILES string of the molecule is CNC(Cc1ccc(F)cc1)Cc1ccc(OC)c(F)c1. The van der Waals surface area contributed by atoms with E-state index in [1.54, 1.807) is 18.2 Å². The van der Waals surface area contributed by atoms with Gasteiger partial charge < -0.3 is 10.1 Å². The molecule has 0 aliphatic rings. The molecule has 0 saturated heterocycles. The van der Waals surface area contributed by atoms with Crippen molar-refractivity contribution in [1.29, 1.82) is 0 Å². The van der Waals surface area contributed by atoms with Crippen molar-refractivity contribution in [3.8, 4) is 5.75 Å². The summed E-state index contributed by atoms with van der Waals surface area (Å²) in [6.45, 7) is 0. The van der Waals surface area contributed by atoms with Gasteiger partial charge in [0.1, 0.15) is 5.82 Å². The van der Waals surface area contributed by atoms with E-state index in [1.165, 1.54) is 25.3 Å². The standard InChI is InChI=1S/C17H19F2NO/c1-20-15(9-12-3-6-14(18)7-4-12)10-13-5-8-17(21-2)16(19)11-13/h3-8,11,15,20H,9-10H2,1-2H3. The molecule has 2 aromatic rings. The Kier molecular flexibility index (Phi) is 5.28. The van der Waals surface area contributed by atoms with Crippen LogP contribution in [0.25, 0.3) is 0 Å². The molecular weight excluding hydrogens is 272 g/mol. The summed E-state index contributed by atoms with van der Waals surface area (Å²) in [4.78, 5) is 0. The summed E-state index contributed by atoms with van der Waals surface area (Å²) in [5, 5.41) is 3.21. The Labute approximate surface area is 123 Å². The van der Waals surface area contributed by atoms with Crippen molar-refractivity contribution < 1.29 is 13.5 Å². The van der Waals surface area contributed by atoms with Crippen molar-refractivity contribution in [3.63, 3.8) is 0 Å². The highest BCUT2D eigenvalue weighted by Gasteiger charge is 2.11. The Bertz CT molecular complexity index is 584. The number of hydrogen-bond acceptors (Lipinski definition) is 2. The zero-order valence-corrected chi connectivity index (χ0v) is 12.2. The molecule has 2 rings (SSSR count). The molecule has 0 saturated carbocycles. The van der Waals surface area contributed by atoms with Crippen LogP contribution in [-0.4, -0.2) is 20.2 Å². The van der Waals surface area contributed by atoms with Crippen LogP contribution < -0.4 is 10.1 Å². The number of nitrogens with one attached hydrogen (secondary N) is 1. The number of likely N-dealkylation sites (N-methyl/N-ethyl adjacent to an activating group) is 1. The van der Waals surface area contributed by atoms with Crippen molar-refractivity contribution in [3.05, 3.63) is 65.2 Å². The van der Waals surface area contributed by atoms with Crippen LogP contribution >= 0.6 is 0 Å². The molecule has 1 atom stereocenters. The quantitative estimate of drug-likeness (QED) is 0.881. The van der Waals surface area contributed by atoms with Crippen LogP contribution in [0.4, 0.5) is 8.78 Å². The fourth-order valence-electron chi connectivity index (χ4n) is 2.30. The first-order valence-corrected chi connectivity index (χ1v) is 6.86. The summed E-state index contributed by atoms with van der Waals surface area (Å²) in [7, 11) is 3.32. The molecule has 1 N–H and O–H groups in total. The third-order valence-electron chi connectivity index (χ3n) is 3.50. The third-order valence-corrected chi connectivity index (χ3v) is 3.50. The minimum absolute atomic E-state index is 0.156. The topological polar surface area (TPSA) is 21.3 Å². The van der Waals surface area contributed by atoms with Gasteiger partial charge in [0, 0.05) is 6.04 Å². The first-order valence-electron chi connectivity index (χ1n) is 6.86. The average Bonchev–Trinajstić information content (AvgIpc) is 2.49. The van der Waals surface area contributed by atoms with Gasteiger partial charge in [-0.05, 0) is 55.3 Å². The van der Waals surface area contributed by atoms with Crippen molar-refractivity contribution in [1.82, 2.24) is 5.32 Å². The molecule has 0 aromatic heterocycles. The van der Waals surface area contributed by atoms with Crippen LogP contribution in [-0.2, 0) is 12.8 Å². The second-order valence-electron chi connectivity index (χ2n) is 4.99. The van der Waals surface area contributed by atoms with Crippen LogP contribution in [0.3, 0.4) is 0 Å². The summed E-state index contributed by atoms with van der Waals surface area (Å²) < 4.78 is 31.5. The van der Waals surface area contributed by atoms with E-state index in [9.17, 15) is 8.78 Å². The Balaban J connectivity index is 2.05. The number of rotatable bonds is 6. The zero-order valence-electron chi connectivity index (χ0n) is 12.2. The van der Waals surface area contributed by atoms with Gasteiger partial charge in [-0.15, -0.1) is 0 Å². The highest BCUT2D eigenvalue weighted by atomic mass is 19.1. The van der Waals surface area contributed by atoms with Gasteiger partial charge in [-0.1, -0.05) is 18.2 Å². The number of halogens is 2. The summed E-state index contributed by atoms with van der Waals surface area (Å²) in [5.41, 5.74) is 1.94. The molecule has 2 aromatic carbocycles. The molecule has 0 radical (unpaired) electrons.